The lowest BCUT2D eigenvalue weighted by molar-refractivity contribution is -0.385. The maximum atomic E-state index is 11.3. The Bertz CT molecular complexity index is 1240. The van der Waals surface area contributed by atoms with E-state index in [1.54, 1.807) is 12.1 Å². The van der Waals surface area contributed by atoms with Crippen LogP contribution in [0.3, 0.4) is 0 Å². The predicted octanol–water partition coefficient (Wildman–Crippen LogP) is 6.39. The zero-order valence-electron chi connectivity index (χ0n) is 18.1. The Morgan fingerprint density at radius 1 is 1.15 bits per heavy atom. The third-order valence-electron chi connectivity index (χ3n) is 5.68. The summed E-state index contributed by atoms with van der Waals surface area (Å²) in [6.45, 7) is 3.99. The molecule has 0 saturated carbocycles. The fraction of sp³-hybridized carbons (Fsp3) is 0.240. The van der Waals surface area contributed by atoms with Crippen molar-refractivity contribution in [2.24, 2.45) is 5.10 Å². The van der Waals surface area contributed by atoms with Crippen molar-refractivity contribution >= 4 is 27.3 Å². The van der Waals surface area contributed by atoms with Crippen molar-refractivity contribution in [2.75, 3.05) is 0 Å². The van der Waals surface area contributed by atoms with Crippen molar-refractivity contribution in [3.05, 3.63) is 98.0 Å². The second kappa shape index (κ2) is 8.51. The quantitative estimate of drug-likeness (QED) is 0.295. The summed E-state index contributed by atoms with van der Waals surface area (Å²) in [7, 11) is 0. The maximum Gasteiger partial charge on any atom is 0.269 e. The first-order chi connectivity index (χ1) is 15.9. The van der Waals surface area contributed by atoms with Crippen molar-refractivity contribution in [3.63, 3.8) is 0 Å². The number of hydrazone groups is 1. The lowest BCUT2D eigenvalue weighted by Crippen LogP contribution is -2.33. The molecule has 7 nitrogen and oxygen atoms in total. The number of fused-ring (bicyclic) bond motifs is 3. The van der Waals surface area contributed by atoms with Gasteiger partial charge in [0, 0.05) is 34.2 Å². The fourth-order valence-corrected chi connectivity index (χ4v) is 4.62. The van der Waals surface area contributed by atoms with E-state index < -0.39 is 11.2 Å². The second-order valence-electron chi connectivity index (χ2n) is 8.34. The van der Waals surface area contributed by atoms with Crippen LogP contribution >= 0.6 is 15.9 Å². The molecule has 0 fully saturated rings. The first-order valence-electron chi connectivity index (χ1n) is 10.7. The summed E-state index contributed by atoms with van der Waals surface area (Å²) in [5, 5.41) is 18.2. The van der Waals surface area contributed by atoms with E-state index in [4.69, 9.17) is 14.6 Å². The average Bonchev–Trinajstić information content (AvgIpc) is 3.24. The van der Waals surface area contributed by atoms with E-state index in [0.29, 0.717) is 12.0 Å². The minimum absolute atomic E-state index is 0.0263. The van der Waals surface area contributed by atoms with Gasteiger partial charge < -0.3 is 9.47 Å². The van der Waals surface area contributed by atoms with Crippen LogP contribution in [0.5, 0.6) is 11.5 Å². The summed E-state index contributed by atoms with van der Waals surface area (Å²) >= 11 is 3.56. The van der Waals surface area contributed by atoms with E-state index in [2.05, 4.69) is 22.0 Å². The normalized spacial score (nSPS) is 18.9. The van der Waals surface area contributed by atoms with Crippen LogP contribution in [0.25, 0.3) is 0 Å². The van der Waals surface area contributed by atoms with E-state index in [-0.39, 0.29) is 17.8 Å². The number of benzene rings is 3. The van der Waals surface area contributed by atoms with Crippen molar-refractivity contribution in [3.8, 4) is 11.5 Å². The third kappa shape index (κ3) is 4.18. The molecule has 0 saturated heterocycles. The smallest absolute Gasteiger partial charge is 0.269 e. The summed E-state index contributed by atoms with van der Waals surface area (Å²) in [5.41, 5.74) is 3.69. The number of ether oxygens (including phenoxy) is 2. The molecule has 5 rings (SSSR count). The molecule has 8 heteroatoms. The Balaban J connectivity index is 1.54. The molecule has 0 spiro atoms. The maximum absolute atomic E-state index is 11.3. The van der Waals surface area contributed by atoms with Crippen molar-refractivity contribution < 1.29 is 14.4 Å². The minimum atomic E-state index is -0.565. The van der Waals surface area contributed by atoms with Gasteiger partial charge in [-0.2, -0.15) is 5.10 Å². The van der Waals surface area contributed by atoms with E-state index in [9.17, 15) is 10.1 Å². The molecule has 3 aromatic rings. The molecule has 168 valence electrons. The summed E-state index contributed by atoms with van der Waals surface area (Å²) in [4.78, 5) is 10.9. The van der Waals surface area contributed by atoms with Crippen molar-refractivity contribution in [2.45, 2.75) is 38.6 Å². The number of nitro benzene ring substituents is 1. The van der Waals surface area contributed by atoms with Crippen LogP contribution in [0.4, 0.5) is 5.69 Å². The van der Waals surface area contributed by atoms with Gasteiger partial charge in [0.15, 0.2) is 0 Å². The summed E-state index contributed by atoms with van der Waals surface area (Å²) < 4.78 is 13.0. The molecule has 2 aliphatic heterocycles. The first-order valence-corrected chi connectivity index (χ1v) is 11.5. The standard InChI is InChI=1S/C25H22BrN3O4/c1-15(2)32-20-9-6-16(7-10-20)22-14-23-21-13-18(26)8-11-24(21)33-25(28(23)27-22)17-4-3-5-19(12-17)29(30)31/h3-13,15,23,25H,14H2,1-2H3. The Morgan fingerprint density at radius 3 is 2.67 bits per heavy atom. The lowest BCUT2D eigenvalue weighted by Gasteiger charge is -2.38. The minimum Gasteiger partial charge on any atom is -0.491 e. The summed E-state index contributed by atoms with van der Waals surface area (Å²) in [5.74, 6) is 1.57. The molecule has 3 aromatic carbocycles. The molecule has 2 atom stereocenters. The highest BCUT2D eigenvalue weighted by atomic mass is 79.9. The van der Waals surface area contributed by atoms with Crippen LogP contribution in [0.15, 0.2) is 76.3 Å². The SMILES string of the molecule is CC(C)Oc1ccc(C2=NN3C(C2)c2cc(Br)ccc2OC3c2cccc([N+](=O)[O-])c2)cc1. The van der Waals surface area contributed by atoms with Gasteiger partial charge in [-0.3, -0.25) is 10.1 Å². The van der Waals surface area contributed by atoms with Crippen molar-refractivity contribution in [1.29, 1.82) is 0 Å². The molecule has 33 heavy (non-hydrogen) atoms. The van der Waals surface area contributed by atoms with Gasteiger partial charge in [0.25, 0.3) is 5.69 Å². The molecule has 0 amide bonds. The molecule has 0 bridgehead atoms. The van der Waals surface area contributed by atoms with Crippen LogP contribution in [0, 0.1) is 10.1 Å². The van der Waals surface area contributed by atoms with E-state index >= 15 is 0 Å². The zero-order valence-corrected chi connectivity index (χ0v) is 19.7. The number of hydrogen-bond acceptors (Lipinski definition) is 6. The number of nitrogens with zero attached hydrogens (tertiary/aromatic N) is 3. The number of nitro groups is 1. The molecule has 0 aromatic heterocycles. The Kier molecular flexibility index (Phi) is 5.54. The zero-order chi connectivity index (χ0) is 23.1. The van der Waals surface area contributed by atoms with Crippen LogP contribution in [-0.4, -0.2) is 21.7 Å². The Hall–Kier alpha value is -3.39. The van der Waals surface area contributed by atoms with Gasteiger partial charge in [0.2, 0.25) is 6.23 Å². The summed E-state index contributed by atoms with van der Waals surface area (Å²) in [6.07, 6.45) is 0.240. The topological polar surface area (TPSA) is 77.2 Å². The van der Waals surface area contributed by atoms with Gasteiger partial charge >= 0.3 is 0 Å². The van der Waals surface area contributed by atoms with E-state index in [1.165, 1.54) is 6.07 Å². The number of hydrogen-bond donors (Lipinski definition) is 0. The monoisotopic (exact) mass is 507 g/mol. The lowest BCUT2D eigenvalue weighted by atomic mass is 9.96. The van der Waals surface area contributed by atoms with Gasteiger partial charge in [-0.05, 0) is 61.9 Å². The highest BCUT2D eigenvalue weighted by Gasteiger charge is 2.41. The third-order valence-corrected chi connectivity index (χ3v) is 6.17. The van der Waals surface area contributed by atoms with Gasteiger partial charge in [-0.1, -0.05) is 28.1 Å². The average molecular weight is 508 g/mol. The van der Waals surface area contributed by atoms with Crippen LogP contribution in [0.2, 0.25) is 0 Å². The van der Waals surface area contributed by atoms with Crippen molar-refractivity contribution in [1.82, 2.24) is 5.01 Å². The first kappa shape index (κ1) is 21.5. The number of rotatable bonds is 5. The largest absolute Gasteiger partial charge is 0.491 e. The Morgan fingerprint density at radius 2 is 1.94 bits per heavy atom. The second-order valence-corrected chi connectivity index (χ2v) is 9.26. The summed E-state index contributed by atoms with van der Waals surface area (Å²) in [6, 6.07) is 20.3. The van der Waals surface area contributed by atoms with Gasteiger partial charge in [0.05, 0.1) is 22.8 Å². The number of halogens is 1. The van der Waals surface area contributed by atoms with Gasteiger partial charge in [0.1, 0.15) is 11.5 Å². The van der Waals surface area contributed by atoms with E-state index in [1.807, 2.05) is 61.3 Å². The molecule has 2 aliphatic rings. The highest BCUT2D eigenvalue weighted by Crippen LogP contribution is 2.48. The molecular formula is C25H22BrN3O4. The van der Waals surface area contributed by atoms with Gasteiger partial charge in [-0.15, -0.1) is 0 Å². The van der Waals surface area contributed by atoms with Gasteiger partial charge in [-0.25, -0.2) is 5.01 Å². The molecule has 2 heterocycles. The predicted molar refractivity (Wildman–Crippen MR) is 129 cm³/mol. The number of non-ortho nitro benzene ring substituents is 1. The molecule has 0 aliphatic carbocycles. The molecule has 0 N–H and O–H groups in total. The van der Waals surface area contributed by atoms with Crippen LogP contribution in [0.1, 0.15) is 49.2 Å². The Labute approximate surface area is 199 Å². The van der Waals surface area contributed by atoms with E-state index in [0.717, 1.165) is 32.8 Å². The van der Waals surface area contributed by atoms with Crippen LogP contribution in [-0.2, 0) is 0 Å². The van der Waals surface area contributed by atoms with Crippen LogP contribution < -0.4 is 9.47 Å². The highest BCUT2D eigenvalue weighted by molar-refractivity contribution is 9.10. The fourth-order valence-electron chi connectivity index (χ4n) is 4.24. The molecular weight excluding hydrogens is 486 g/mol. The molecule has 2 unspecified atom stereocenters. The molecule has 0 radical (unpaired) electrons.